The number of aromatic nitrogens is 1. The lowest BCUT2D eigenvalue weighted by molar-refractivity contribution is -0.134. The highest BCUT2D eigenvalue weighted by Gasteiger charge is 2.21. The summed E-state index contributed by atoms with van der Waals surface area (Å²) in [5.41, 5.74) is 0. The van der Waals surface area contributed by atoms with Crippen molar-refractivity contribution in [2.45, 2.75) is 19.8 Å². The van der Waals surface area contributed by atoms with Crippen molar-refractivity contribution in [2.24, 2.45) is 0 Å². The summed E-state index contributed by atoms with van der Waals surface area (Å²) in [6.45, 7) is 6.00. The maximum absolute atomic E-state index is 12.4. The summed E-state index contributed by atoms with van der Waals surface area (Å²) in [6, 6.07) is 9.17. The molecule has 2 amide bonds. The van der Waals surface area contributed by atoms with Gasteiger partial charge in [-0.1, -0.05) is 11.2 Å². The van der Waals surface area contributed by atoms with Crippen LogP contribution < -0.4 is 14.8 Å². The minimum Gasteiger partial charge on any atom is -0.497 e. The quantitative estimate of drug-likeness (QED) is 0.667. The monoisotopic (exact) mass is 416 g/mol. The molecule has 1 aromatic heterocycles. The molecule has 0 bridgehead atoms. The van der Waals surface area contributed by atoms with E-state index in [2.05, 4.69) is 15.4 Å². The van der Waals surface area contributed by atoms with Crippen LogP contribution in [0.25, 0.3) is 0 Å². The van der Waals surface area contributed by atoms with E-state index in [1.165, 1.54) is 0 Å². The van der Waals surface area contributed by atoms with E-state index in [0.717, 1.165) is 31.1 Å². The predicted molar refractivity (Wildman–Crippen MR) is 111 cm³/mol. The van der Waals surface area contributed by atoms with Gasteiger partial charge < -0.3 is 24.2 Å². The molecule has 1 N–H and O–H groups in total. The van der Waals surface area contributed by atoms with E-state index in [4.69, 9.17) is 14.0 Å². The summed E-state index contributed by atoms with van der Waals surface area (Å²) >= 11 is 0. The van der Waals surface area contributed by atoms with Crippen molar-refractivity contribution < 1.29 is 23.6 Å². The summed E-state index contributed by atoms with van der Waals surface area (Å²) in [7, 11) is 1.63. The number of hydrogen-bond acceptors (Lipinski definition) is 7. The molecule has 0 spiro atoms. The second-order valence-corrected chi connectivity index (χ2v) is 7.12. The number of carbonyl (C=O) groups is 2. The second kappa shape index (κ2) is 10.6. The Morgan fingerprint density at radius 1 is 1.13 bits per heavy atom. The summed E-state index contributed by atoms with van der Waals surface area (Å²) in [5.74, 6) is 2.29. The minimum atomic E-state index is -0.245. The van der Waals surface area contributed by atoms with Crippen LogP contribution in [0, 0.1) is 6.92 Å². The number of benzene rings is 1. The lowest BCUT2D eigenvalue weighted by atomic mass is 10.2. The maximum Gasteiger partial charge on any atom is 0.226 e. The Labute approximate surface area is 175 Å². The average Bonchev–Trinajstić information content (AvgIpc) is 3.17. The molecular formula is C21H28N4O5. The molecule has 1 aromatic carbocycles. The number of nitrogens with one attached hydrogen (secondary N) is 1. The SMILES string of the molecule is COc1cccc(OCCN2CCN(C(=O)CCC(=O)Nc3cc(C)on3)CC2)c1. The fourth-order valence-corrected chi connectivity index (χ4v) is 3.21. The van der Waals surface area contributed by atoms with Gasteiger partial charge in [0.2, 0.25) is 11.8 Å². The lowest BCUT2D eigenvalue weighted by Crippen LogP contribution is -2.49. The minimum absolute atomic E-state index is 0.00577. The Morgan fingerprint density at radius 3 is 2.60 bits per heavy atom. The molecule has 0 unspecified atom stereocenters. The van der Waals surface area contributed by atoms with Crippen molar-refractivity contribution in [1.82, 2.24) is 15.0 Å². The standard InChI is InChI=1S/C21H28N4O5/c1-16-14-19(23-30-16)22-20(26)6-7-21(27)25-10-8-24(9-11-25)12-13-29-18-5-3-4-17(15-18)28-2/h3-5,14-15H,6-13H2,1-2H3,(H,22,23,26). The molecular weight excluding hydrogens is 388 g/mol. The topological polar surface area (TPSA) is 97.1 Å². The van der Waals surface area contributed by atoms with Gasteiger partial charge in [0, 0.05) is 57.7 Å². The van der Waals surface area contributed by atoms with Gasteiger partial charge in [-0.05, 0) is 19.1 Å². The number of hydrogen-bond donors (Lipinski definition) is 1. The zero-order valence-corrected chi connectivity index (χ0v) is 17.4. The smallest absolute Gasteiger partial charge is 0.226 e. The van der Waals surface area contributed by atoms with E-state index < -0.39 is 0 Å². The van der Waals surface area contributed by atoms with Crippen LogP contribution in [0.15, 0.2) is 34.9 Å². The van der Waals surface area contributed by atoms with Crippen LogP contribution in [-0.4, -0.2) is 73.2 Å². The first-order valence-corrected chi connectivity index (χ1v) is 10.0. The van der Waals surface area contributed by atoms with Gasteiger partial charge in [-0.25, -0.2) is 0 Å². The molecule has 1 fully saturated rings. The molecule has 30 heavy (non-hydrogen) atoms. The van der Waals surface area contributed by atoms with Gasteiger partial charge in [0.05, 0.1) is 7.11 Å². The average molecular weight is 416 g/mol. The lowest BCUT2D eigenvalue weighted by Gasteiger charge is -2.34. The summed E-state index contributed by atoms with van der Waals surface area (Å²) in [4.78, 5) is 28.4. The first kappa shape index (κ1) is 21.6. The van der Waals surface area contributed by atoms with E-state index in [0.29, 0.717) is 31.3 Å². The summed E-state index contributed by atoms with van der Waals surface area (Å²) < 4.78 is 15.9. The molecule has 162 valence electrons. The zero-order chi connectivity index (χ0) is 21.3. The molecule has 0 radical (unpaired) electrons. The third kappa shape index (κ3) is 6.48. The van der Waals surface area contributed by atoms with Gasteiger partial charge in [-0.2, -0.15) is 0 Å². The van der Waals surface area contributed by atoms with Crippen molar-refractivity contribution in [1.29, 1.82) is 0 Å². The van der Waals surface area contributed by atoms with E-state index in [-0.39, 0.29) is 24.7 Å². The third-order valence-corrected chi connectivity index (χ3v) is 4.90. The molecule has 1 aliphatic heterocycles. The summed E-state index contributed by atoms with van der Waals surface area (Å²) in [6.07, 6.45) is 0.306. The van der Waals surface area contributed by atoms with Crippen LogP contribution in [0.4, 0.5) is 5.82 Å². The van der Waals surface area contributed by atoms with Crippen LogP contribution in [-0.2, 0) is 9.59 Å². The first-order chi connectivity index (χ1) is 14.5. The van der Waals surface area contributed by atoms with Crippen LogP contribution >= 0.6 is 0 Å². The number of nitrogens with zero attached hydrogens (tertiary/aromatic N) is 3. The molecule has 0 aliphatic carbocycles. The van der Waals surface area contributed by atoms with Crippen LogP contribution in [0.2, 0.25) is 0 Å². The van der Waals surface area contributed by atoms with E-state index in [1.807, 2.05) is 29.2 Å². The Morgan fingerprint density at radius 2 is 1.90 bits per heavy atom. The number of piperazine rings is 1. The number of anilines is 1. The van der Waals surface area contributed by atoms with E-state index in [9.17, 15) is 9.59 Å². The van der Waals surface area contributed by atoms with Crippen molar-refractivity contribution >= 4 is 17.6 Å². The van der Waals surface area contributed by atoms with E-state index in [1.54, 1.807) is 20.1 Å². The highest BCUT2D eigenvalue weighted by atomic mass is 16.5. The number of ether oxygens (including phenoxy) is 2. The highest BCUT2D eigenvalue weighted by molar-refractivity contribution is 5.92. The number of methoxy groups -OCH3 is 1. The van der Waals surface area contributed by atoms with Gasteiger partial charge in [-0.3, -0.25) is 14.5 Å². The fourth-order valence-electron chi connectivity index (χ4n) is 3.21. The van der Waals surface area contributed by atoms with Crippen molar-refractivity contribution in [3.8, 4) is 11.5 Å². The molecule has 2 heterocycles. The van der Waals surface area contributed by atoms with Crippen molar-refractivity contribution in [3.63, 3.8) is 0 Å². The van der Waals surface area contributed by atoms with E-state index >= 15 is 0 Å². The van der Waals surface area contributed by atoms with Crippen LogP contribution in [0.3, 0.4) is 0 Å². The zero-order valence-electron chi connectivity index (χ0n) is 17.4. The Kier molecular flexibility index (Phi) is 7.67. The second-order valence-electron chi connectivity index (χ2n) is 7.12. The molecule has 9 heteroatoms. The number of aryl methyl sites for hydroxylation is 1. The summed E-state index contributed by atoms with van der Waals surface area (Å²) in [5, 5.41) is 6.34. The van der Waals surface area contributed by atoms with Gasteiger partial charge in [0.1, 0.15) is 23.9 Å². The molecule has 3 rings (SSSR count). The molecule has 0 saturated carbocycles. The van der Waals surface area contributed by atoms with Gasteiger partial charge in [0.15, 0.2) is 5.82 Å². The third-order valence-electron chi connectivity index (χ3n) is 4.90. The van der Waals surface area contributed by atoms with Crippen molar-refractivity contribution in [3.05, 3.63) is 36.1 Å². The van der Waals surface area contributed by atoms with Crippen molar-refractivity contribution in [2.75, 3.05) is 51.8 Å². The molecule has 0 atom stereocenters. The number of carbonyl (C=O) groups excluding carboxylic acids is 2. The van der Waals surface area contributed by atoms with Gasteiger partial charge in [-0.15, -0.1) is 0 Å². The molecule has 2 aromatic rings. The van der Waals surface area contributed by atoms with Crippen LogP contribution in [0.1, 0.15) is 18.6 Å². The predicted octanol–water partition coefficient (Wildman–Crippen LogP) is 1.93. The Balaban J connectivity index is 1.31. The Hall–Kier alpha value is -3.07. The number of amides is 2. The number of rotatable bonds is 9. The largest absolute Gasteiger partial charge is 0.497 e. The maximum atomic E-state index is 12.4. The van der Waals surface area contributed by atoms with Gasteiger partial charge in [0.25, 0.3) is 0 Å². The molecule has 1 saturated heterocycles. The Bertz CT molecular complexity index is 845. The molecule has 9 nitrogen and oxygen atoms in total. The molecule has 1 aliphatic rings. The normalized spacial score (nSPS) is 14.4. The first-order valence-electron chi connectivity index (χ1n) is 10.0. The fraction of sp³-hybridized carbons (Fsp3) is 0.476. The highest BCUT2D eigenvalue weighted by Crippen LogP contribution is 2.18. The van der Waals surface area contributed by atoms with Gasteiger partial charge >= 0.3 is 0 Å². The van der Waals surface area contributed by atoms with Crippen LogP contribution in [0.5, 0.6) is 11.5 Å².